The first-order valence-electron chi connectivity index (χ1n) is 8.74. The fourth-order valence-electron chi connectivity index (χ4n) is 3.49. The van der Waals surface area contributed by atoms with Gasteiger partial charge in [0.25, 0.3) is 0 Å². The number of rotatable bonds is 5. The summed E-state index contributed by atoms with van der Waals surface area (Å²) in [6.45, 7) is 4.87. The number of nitrogens with one attached hydrogen (secondary N) is 1. The van der Waals surface area contributed by atoms with E-state index >= 15 is 0 Å². The predicted octanol–water partition coefficient (Wildman–Crippen LogP) is 2.61. The summed E-state index contributed by atoms with van der Waals surface area (Å²) in [6, 6.07) is 15.0. The number of carbonyl (C=O) groups excluding carboxylic acids is 1. The van der Waals surface area contributed by atoms with Crippen molar-refractivity contribution in [3.8, 4) is 0 Å². The predicted molar refractivity (Wildman–Crippen MR) is 97.1 cm³/mol. The third-order valence-corrected chi connectivity index (χ3v) is 4.94. The quantitative estimate of drug-likeness (QED) is 0.858. The topological polar surface area (TPSA) is 41.6 Å². The van der Waals surface area contributed by atoms with Crippen molar-refractivity contribution >= 4 is 16.7 Å². The van der Waals surface area contributed by atoms with Crippen LogP contribution in [0.25, 0.3) is 10.8 Å². The number of piperazine rings is 1. The minimum Gasteiger partial charge on any atom is -0.468 e. The largest absolute Gasteiger partial charge is 0.468 e. The van der Waals surface area contributed by atoms with Gasteiger partial charge in [-0.15, -0.1) is 0 Å². The lowest BCUT2D eigenvalue weighted by atomic mass is 9.99. The second-order valence-electron chi connectivity index (χ2n) is 6.48. The zero-order valence-electron chi connectivity index (χ0n) is 14.5. The molecular weight excluding hydrogens is 300 g/mol. The van der Waals surface area contributed by atoms with Gasteiger partial charge in [-0.3, -0.25) is 9.69 Å². The molecular formula is C20H26N2O2. The average molecular weight is 326 g/mol. The van der Waals surface area contributed by atoms with Gasteiger partial charge in [0.1, 0.15) is 6.04 Å². The fraction of sp³-hybridized carbons (Fsp3) is 0.450. The zero-order valence-corrected chi connectivity index (χ0v) is 14.5. The number of nitrogens with zero attached hydrogens (tertiary/aromatic N) is 1. The van der Waals surface area contributed by atoms with Gasteiger partial charge in [-0.1, -0.05) is 49.4 Å². The maximum atomic E-state index is 12.4. The number of ether oxygens (including phenoxy) is 1. The number of esters is 1. The van der Waals surface area contributed by atoms with Gasteiger partial charge < -0.3 is 10.1 Å². The molecule has 0 aromatic heterocycles. The summed E-state index contributed by atoms with van der Waals surface area (Å²) >= 11 is 0. The highest BCUT2D eigenvalue weighted by molar-refractivity contribution is 5.83. The third-order valence-electron chi connectivity index (χ3n) is 4.94. The number of carbonyl (C=O) groups is 1. The van der Waals surface area contributed by atoms with Crippen LogP contribution in [-0.2, 0) is 16.0 Å². The fourth-order valence-corrected chi connectivity index (χ4v) is 3.49. The van der Waals surface area contributed by atoms with Crippen LogP contribution in [0.2, 0.25) is 0 Å². The summed E-state index contributed by atoms with van der Waals surface area (Å²) in [5, 5.41) is 5.94. The summed E-state index contributed by atoms with van der Waals surface area (Å²) < 4.78 is 5.09. The molecule has 2 aromatic carbocycles. The van der Waals surface area contributed by atoms with E-state index in [-0.39, 0.29) is 12.0 Å². The molecule has 24 heavy (non-hydrogen) atoms. The molecule has 128 valence electrons. The summed E-state index contributed by atoms with van der Waals surface area (Å²) in [6.07, 6.45) is 1.76. The van der Waals surface area contributed by atoms with E-state index < -0.39 is 0 Å². The van der Waals surface area contributed by atoms with Gasteiger partial charge >= 0.3 is 5.97 Å². The molecule has 2 atom stereocenters. The maximum absolute atomic E-state index is 12.4. The Morgan fingerprint density at radius 1 is 1.29 bits per heavy atom. The number of hydrogen-bond acceptors (Lipinski definition) is 4. The van der Waals surface area contributed by atoms with Crippen LogP contribution in [0.5, 0.6) is 0 Å². The van der Waals surface area contributed by atoms with Crippen LogP contribution in [-0.4, -0.2) is 49.7 Å². The monoisotopic (exact) mass is 326 g/mol. The molecule has 0 bridgehead atoms. The van der Waals surface area contributed by atoms with Crippen molar-refractivity contribution in [1.82, 2.24) is 10.2 Å². The minimum atomic E-state index is -0.215. The minimum absolute atomic E-state index is 0.139. The highest BCUT2D eigenvalue weighted by Gasteiger charge is 2.30. The highest BCUT2D eigenvalue weighted by Crippen LogP contribution is 2.19. The molecule has 1 N–H and O–H groups in total. The molecule has 1 heterocycles. The lowest BCUT2D eigenvalue weighted by Crippen LogP contribution is -2.56. The van der Waals surface area contributed by atoms with Gasteiger partial charge in [-0.2, -0.15) is 0 Å². The number of benzene rings is 2. The van der Waals surface area contributed by atoms with Gasteiger partial charge in [0.2, 0.25) is 0 Å². The van der Waals surface area contributed by atoms with Gasteiger partial charge in [0.15, 0.2) is 0 Å². The lowest BCUT2D eigenvalue weighted by Gasteiger charge is -2.37. The van der Waals surface area contributed by atoms with Crippen molar-refractivity contribution in [2.24, 2.45) is 0 Å². The molecule has 4 heteroatoms. The molecule has 3 rings (SSSR count). The van der Waals surface area contributed by atoms with Crippen LogP contribution >= 0.6 is 0 Å². The molecule has 2 aromatic rings. The Morgan fingerprint density at radius 2 is 2.08 bits per heavy atom. The van der Waals surface area contributed by atoms with Crippen LogP contribution in [0.1, 0.15) is 18.9 Å². The highest BCUT2D eigenvalue weighted by atomic mass is 16.5. The first-order chi connectivity index (χ1) is 11.7. The molecule has 4 nitrogen and oxygen atoms in total. The first kappa shape index (κ1) is 16.9. The van der Waals surface area contributed by atoms with E-state index in [9.17, 15) is 4.79 Å². The third kappa shape index (κ3) is 3.77. The standard InChI is InChI=1S/C20H26N2O2/c1-3-18-14-22(11-10-21-18)19(20(23)24-2)13-15-8-9-16-6-4-5-7-17(16)12-15/h4-9,12,18-19,21H,3,10-11,13-14H2,1-2H3/t18-,19-/m0/s1. The average Bonchev–Trinajstić information content (AvgIpc) is 2.65. The number of fused-ring (bicyclic) bond motifs is 1. The van der Waals surface area contributed by atoms with Gasteiger partial charge in [0, 0.05) is 25.7 Å². The summed E-state index contributed by atoms with van der Waals surface area (Å²) in [5.74, 6) is -0.139. The van der Waals surface area contributed by atoms with Crippen LogP contribution < -0.4 is 5.32 Å². The van der Waals surface area contributed by atoms with Crippen LogP contribution in [0.15, 0.2) is 42.5 Å². The molecule has 0 radical (unpaired) electrons. The van der Waals surface area contributed by atoms with Crippen molar-refractivity contribution in [2.45, 2.75) is 31.8 Å². The van der Waals surface area contributed by atoms with E-state index in [1.165, 1.54) is 23.4 Å². The lowest BCUT2D eigenvalue weighted by molar-refractivity contribution is -0.147. The van der Waals surface area contributed by atoms with Crippen LogP contribution in [0.3, 0.4) is 0 Å². The molecule has 0 aliphatic carbocycles. The van der Waals surface area contributed by atoms with Crippen LogP contribution in [0.4, 0.5) is 0 Å². The second-order valence-corrected chi connectivity index (χ2v) is 6.48. The van der Waals surface area contributed by atoms with E-state index in [0.29, 0.717) is 12.5 Å². The summed E-state index contributed by atoms with van der Waals surface area (Å²) in [7, 11) is 1.48. The number of hydrogen-bond donors (Lipinski definition) is 1. The van der Waals surface area contributed by atoms with E-state index in [1.54, 1.807) is 0 Å². The molecule has 0 saturated carbocycles. The molecule has 1 saturated heterocycles. The Labute approximate surface area is 143 Å². The normalized spacial score (nSPS) is 20.0. The molecule has 0 spiro atoms. The van der Waals surface area contributed by atoms with Crippen molar-refractivity contribution in [3.05, 3.63) is 48.0 Å². The summed E-state index contributed by atoms with van der Waals surface area (Å²) in [4.78, 5) is 14.7. The molecule has 1 aliphatic rings. The summed E-state index contributed by atoms with van der Waals surface area (Å²) in [5.41, 5.74) is 1.18. The van der Waals surface area contributed by atoms with Crippen molar-refractivity contribution in [3.63, 3.8) is 0 Å². The molecule has 0 unspecified atom stereocenters. The van der Waals surface area contributed by atoms with E-state index in [1.807, 2.05) is 12.1 Å². The Morgan fingerprint density at radius 3 is 2.83 bits per heavy atom. The smallest absolute Gasteiger partial charge is 0.323 e. The maximum Gasteiger partial charge on any atom is 0.323 e. The van der Waals surface area contributed by atoms with Crippen molar-refractivity contribution < 1.29 is 9.53 Å². The zero-order chi connectivity index (χ0) is 16.9. The first-order valence-corrected chi connectivity index (χ1v) is 8.74. The van der Waals surface area contributed by atoms with Crippen molar-refractivity contribution in [2.75, 3.05) is 26.7 Å². The second kappa shape index (κ2) is 7.77. The molecule has 1 aliphatic heterocycles. The van der Waals surface area contributed by atoms with E-state index in [2.05, 4.69) is 47.5 Å². The van der Waals surface area contributed by atoms with Gasteiger partial charge in [-0.05, 0) is 29.2 Å². The molecule has 0 amide bonds. The Bertz CT molecular complexity index is 701. The van der Waals surface area contributed by atoms with Gasteiger partial charge in [0.05, 0.1) is 7.11 Å². The Kier molecular flexibility index (Phi) is 5.48. The van der Waals surface area contributed by atoms with Crippen molar-refractivity contribution in [1.29, 1.82) is 0 Å². The van der Waals surface area contributed by atoms with Crippen LogP contribution in [0, 0.1) is 0 Å². The van der Waals surface area contributed by atoms with E-state index in [4.69, 9.17) is 4.74 Å². The Balaban J connectivity index is 1.81. The SMILES string of the molecule is CC[C@H]1CN([C@@H](Cc2ccc3ccccc3c2)C(=O)OC)CCN1. The molecule has 1 fully saturated rings. The number of methoxy groups -OCH3 is 1. The van der Waals surface area contributed by atoms with Gasteiger partial charge in [-0.25, -0.2) is 0 Å². The Hall–Kier alpha value is -1.91. The van der Waals surface area contributed by atoms with E-state index in [0.717, 1.165) is 26.1 Å².